The van der Waals surface area contributed by atoms with Crippen molar-refractivity contribution >= 4 is 49.4 Å². The largest absolute Gasteiger partial charge is 0.347 e. The summed E-state index contributed by atoms with van der Waals surface area (Å²) in [6.07, 6.45) is 4.46. The number of fused-ring (bicyclic) bond motifs is 2. The van der Waals surface area contributed by atoms with Crippen LogP contribution in [0.5, 0.6) is 0 Å². The number of pyridine rings is 1. The molecule has 2 aliphatic carbocycles. The van der Waals surface area contributed by atoms with Crippen LogP contribution in [0.25, 0.3) is 11.1 Å². The summed E-state index contributed by atoms with van der Waals surface area (Å²) in [5, 5.41) is 16.0. The number of rotatable bonds is 13. The fourth-order valence-electron chi connectivity index (χ4n) is 8.89. The number of carbonyl (C=O) groups is 3. The molecule has 19 nitrogen and oxygen atoms in total. The summed E-state index contributed by atoms with van der Waals surface area (Å²) >= 11 is 0. The third kappa shape index (κ3) is 9.61. The van der Waals surface area contributed by atoms with Crippen LogP contribution >= 0.6 is 0 Å². The van der Waals surface area contributed by atoms with E-state index in [4.69, 9.17) is 0 Å². The first-order chi connectivity index (χ1) is 30.7. The van der Waals surface area contributed by atoms with Crippen molar-refractivity contribution in [1.29, 1.82) is 0 Å². The van der Waals surface area contributed by atoms with Gasteiger partial charge in [0, 0.05) is 75.4 Å². The highest BCUT2D eigenvalue weighted by atomic mass is 32.2. The highest BCUT2D eigenvalue weighted by Crippen LogP contribution is 2.39. The molecule has 1 saturated heterocycles. The molecule has 0 spiro atoms. The summed E-state index contributed by atoms with van der Waals surface area (Å²) in [7, 11) is -1.82. The van der Waals surface area contributed by atoms with E-state index >= 15 is 0 Å². The Morgan fingerprint density at radius 2 is 1.54 bits per heavy atom. The third-order valence-corrected chi connectivity index (χ3v) is 14.4. The van der Waals surface area contributed by atoms with E-state index < -0.39 is 49.9 Å². The number of amides is 5. The van der Waals surface area contributed by atoms with E-state index in [1.54, 1.807) is 14.1 Å². The van der Waals surface area contributed by atoms with Crippen molar-refractivity contribution in [2.75, 3.05) is 37.8 Å². The molecule has 0 radical (unpaired) electrons. The number of benzene rings is 2. The minimum Gasteiger partial charge on any atom is -0.347 e. The Morgan fingerprint density at radius 3 is 2.25 bits per heavy atom. The van der Waals surface area contributed by atoms with Gasteiger partial charge in [0.05, 0.1) is 17.1 Å². The molecule has 0 saturated carbocycles. The highest BCUT2D eigenvalue weighted by Gasteiger charge is 2.34. The molecular weight excluding hydrogens is 880 g/mol. The van der Waals surface area contributed by atoms with Gasteiger partial charge in [-0.2, -0.15) is 27.0 Å². The summed E-state index contributed by atoms with van der Waals surface area (Å²) in [5.74, 6) is -0.625. The number of urea groups is 2. The lowest BCUT2D eigenvalue weighted by molar-refractivity contribution is 0.0666. The van der Waals surface area contributed by atoms with Gasteiger partial charge in [-0.05, 0) is 117 Å². The van der Waals surface area contributed by atoms with Crippen LogP contribution in [0.1, 0.15) is 70.4 Å². The summed E-state index contributed by atoms with van der Waals surface area (Å²) < 4.78 is 74.8. The standard InChI is InChI=1S/C43H51FN12O7S2/c1-24-21-56(22-24)25(2)37-20-39(50-55(37)6)65(62,63)52-43(59)48-40-32-9-7-8-26(32)14-28-15-30(18-34(28)40)46-41(57)36-16-27(12-13-45-36)33-17-29(44)10-11-35(33)47-42(58)51-64(60,61)38-19-31(23-53(3)4)54(5)49-38/h10-14,16-17,19-20,24-25,30H,7-9,15,18,21-23H2,1-6H3,(H,46,57)(H2,47,51,58)(H2,48,52,59). The van der Waals surface area contributed by atoms with Crippen LogP contribution < -0.4 is 25.4 Å². The fourth-order valence-corrected chi connectivity index (χ4v) is 10.7. The molecule has 1 aliphatic heterocycles. The summed E-state index contributed by atoms with van der Waals surface area (Å²) in [4.78, 5) is 48.6. The van der Waals surface area contributed by atoms with E-state index in [1.807, 2.05) is 30.6 Å². The van der Waals surface area contributed by atoms with Crippen molar-refractivity contribution in [2.45, 2.75) is 74.6 Å². The fraction of sp³-hybridized carbons (Fsp3) is 0.395. The number of likely N-dealkylation sites (tertiary alicyclic amines) is 1. The predicted octanol–water partition coefficient (Wildman–Crippen LogP) is 3.84. The molecular formula is C43H51FN12O7S2. The van der Waals surface area contributed by atoms with E-state index in [-0.39, 0.29) is 33.0 Å². The van der Waals surface area contributed by atoms with Gasteiger partial charge < -0.3 is 20.9 Å². The maximum absolute atomic E-state index is 14.7. The first-order valence-corrected chi connectivity index (χ1v) is 24.1. The lowest BCUT2D eigenvalue weighted by Crippen LogP contribution is -2.46. The van der Waals surface area contributed by atoms with Crippen LogP contribution in [0.15, 0.2) is 64.8 Å². The van der Waals surface area contributed by atoms with Gasteiger partial charge in [0.15, 0.2) is 10.1 Å². The van der Waals surface area contributed by atoms with Crippen molar-refractivity contribution in [3.05, 3.63) is 99.9 Å². The summed E-state index contributed by atoms with van der Waals surface area (Å²) in [6, 6.07) is 8.87. The average Bonchev–Trinajstić information content (AvgIpc) is 4.03. The second-order valence-corrected chi connectivity index (χ2v) is 20.6. The molecule has 2 unspecified atom stereocenters. The zero-order valence-electron chi connectivity index (χ0n) is 36.8. The Labute approximate surface area is 376 Å². The van der Waals surface area contributed by atoms with Gasteiger partial charge in [0.1, 0.15) is 11.5 Å². The summed E-state index contributed by atoms with van der Waals surface area (Å²) in [6.45, 7) is 6.37. The second-order valence-electron chi connectivity index (χ2n) is 17.3. The van der Waals surface area contributed by atoms with Crippen molar-refractivity contribution in [3.63, 3.8) is 0 Å². The molecule has 2 atom stereocenters. The van der Waals surface area contributed by atoms with Crippen molar-refractivity contribution in [1.82, 2.24) is 49.1 Å². The van der Waals surface area contributed by atoms with Gasteiger partial charge in [0.25, 0.3) is 26.0 Å². The molecule has 344 valence electrons. The highest BCUT2D eigenvalue weighted by molar-refractivity contribution is 7.90. The first-order valence-electron chi connectivity index (χ1n) is 21.1. The van der Waals surface area contributed by atoms with Crippen LogP contribution in [0.2, 0.25) is 0 Å². The second kappa shape index (κ2) is 17.6. The molecule has 5 aromatic rings. The summed E-state index contributed by atoms with van der Waals surface area (Å²) in [5.41, 5.74) is 6.01. The zero-order valence-corrected chi connectivity index (χ0v) is 38.4. The Balaban J connectivity index is 0.943. The van der Waals surface area contributed by atoms with E-state index in [0.717, 1.165) is 60.3 Å². The minimum absolute atomic E-state index is 0.0127. The normalized spacial score (nSPS) is 16.7. The number of sulfonamides is 2. The average molecular weight is 931 g/mol. The van der Waals surface area contributed by atoms with E-state index in [0.29, 0.717) is 54.4 Å². The molecule has 2 aromatic carbocycles. The number of anilines is 2. The molecule has 8 rings (SSSR count). The first kappa shape index (κ1) is 45.3. The van der Waals surface area contributed by atoms with Crippen LogP contribution in [0.4, 0.5) is 25.4 Å². The van der Waals surface area contributed by atoms with Crippen LogP contribution in [-0.2, 0) is 66.4 Å². The van der Waals surface area contributed by atoms with E-state index in [1.165, 1.54) is 45.9 Å². The van der Waals surface area contributed by atoms with Crippen molar-refractivity contribution in [2.24, 2.45) is 20.0 Å². The quantitative estimate of drug-likeness (QED) is 0.113. The number of nitrogens with one attached hydrogen (secondary N) is 5. The molecule has 5 N–H and O–H groups in total. The number of nitrogens with zero attached hydrogens (tertiary/aromatic N) is 7. The molecule has 5 amide bonds. The Bertz CT molecular complexity index is 2950. The van der Waals surface area contributed by atoms with Crippen LogP contribution in [-0.4, -0.2) is 102 Å². The molecule has 22 heteroatoms. The SMILES string of the molecule is CC1CN(C(C)c2cc(S(=O)(=O)NC(=O)Nc3c4c(cc5c3CC(NC(=O)c3cc(-c6cc(F)ccc6NC(=O)NS(=O)(=O)c6cc(CN(C)C)n(C)n6)ccn3)C5)CCC4)nn2C)C1. The van der Waals surface area contributed by atoms with Gasteiger partial charge in [-0.25, -0.2) is 23.4 Å². The molecule has 65 heavy (non-hydrogen) atoms. The molecule has 4 heterocycles. The molecule has 1 fully saturated rings. The Kier molecular flexibility index (Phi) is 12.3. The number of hydrogen-bond donors (Lipinski definition) is 5. The Hall–Kier alpha value is -6.23. The number of hydrogen-bond acceptors (Lipinski definition) is 12. The van der Waals surface area contributed by atoms with Gasteiger partial charge in [-0.1, -0.05) is 13.0 Å². The van der Waals surface area contributed by atoms with Crippen LogP contribution in [0.3, 0.4) is 0 Å². The number of carbonyl (C=O) groups excluding carboxylic acids is 3. The maximum atomic E-state index is 14.7. The monoisotopic (exact) mass is 930 g/mol. The molecule has 3 aromatic heterocycles. The molecule has 0 bridgehead atoms. The maximum Gasteiger partial charge on any atom is 0.333 e. The van der Waals surface area contributed by atoms with E-state index in [2.05, 4.69) is 53.7 Å². The Morgan fingerprint density at radius 1 is 0.846 bits per heavy atom. The minimum atomic E-state index is -4.39. The van der Waals surface area contributed by atoms with Gasteiger partial charge in [0.2, 0.25) is 0 Å². The zero-order chi connectivity index (χ0) is 46.5. The topological polar surface area (TPSA) is 235 Å². The van der Waals surface area contributed by atoms with E-state index in [9.17, 15) is 35.6 Å². The lowest BCUT2D eigenvalue weighted by atomic mass is 9.99. The molecule has 3 aliphatic rings. The number of halogens is 1. The van der Waals surface area contributed by atoms with Gasteiger partial charge in [-0.3, -0.25) is 24.0 Å². The van der Waals surface area contributed by atoms with Crippen molar-refractivity contribution < 1.29 is 35.6 Å². The third-order valence-electron chi connectivity index (χ3n) is 12.0. The lowest BCUT2D eigenvalue weighted by Gasteiger charge is -2.41. The van der Waals surface area contributed by atoms with Crippen molar-refractivity contribution in [3.8, 4) is 11.1 Å². The number of aromatic nitrogens is 5. The van der Waals surface area contributed by atoms with Gasteiger partial charge in [-0.15, -0.1) is 0 Å². The smallest absolute Gasteiger partial charge is 0.333 e. The predicted molar refractivity (Wildman–Crippen MR) is 238 cm³/mol. The van der Waals surface area contributed by atoms with Gasteiger partial charge >= 0.3 is 12.1 Å². The van der Waals surface area contributed by atoms with Crippen LogP contribution in [0, 0.1) is 11.7 Å². The number of aryl methyl sites for hydroxylation is 3.